The third-order valence-corrected chi connectivity index (χ3v) is 2.11. The number of fused-ring (bicyclic) bond motifs is 1. The molecule has 0 aliphatic carbocycles. The molecule has 0 spiro atoms. The number of halogens is 2. The fraction of sp³-hybridized carbons (Fsp3) is 0. The van der Waals surface area contributed by atoms with Crippen molar-refractivity contribution in [1.29, 1.82) is 5.26 Å². The molecule has 0 aliphatic heterocycles. The molecule has 2 nitrogen and oxygen atoms in total. The largest absolute Gasteiger partial charge is 0.344 e. The Bertz CT molecular complexity index is 510. The molecule has 0 saturated heterocycles. The van der Waals surface area contributed by atoms with Gasteiger partial charge in [0.05, 0.1) is 5.56 Å². The highest BCUT2D eigenvalue weighted by Gasteiger charge is 2.09. The predicted molar refractivity (Wildman–Crippen MR) is 48.0 cm³/mol. The van der Waals surface area contributed by atoms with Crippen molar-refractivity contribution in [3.05, 3.63) is 34.7 Å². The Kier molecular flexibility index (Phi) is 1.71. The molecule has 0 atom stereocenters. The first kappa shape index (κ1) is 8.09. The normalized spacial score (nSPS) is 10.2. The molecule has 2 aromatic rings. The van der Waals surface area contributed by atoms with E-state index in [4.69, 9.17) is 16.9 Å². The van der Waals surface area contributed by atoms with Crippen molar-refractivity contribution < 1.29 is 4.39 Å². The van der Waals surface area contributed by atoms with Crippen LogP contribution in [0.2, 0.25) is 5.15 Å². The molecule has 1 aromatic heterocycles. The van der Waals surface area contributed by atoms with Crippen LogP contribution in [0, 0.1) is 17.1 Å². The zero-order valence-corrected chi connectivity index (χ0v) is 7.19. The van der Waals surface area contributed by atoms with Crippen LogP contribution in [-0.2, 0) is 0 Å². The van der Waals surface area contributed by atoms with Gasteiger partial charge in [-0.2, -0.15) is 5.26 Å². The van der Waals surface area contributed by atoms with Crippen LogP contribution < -0.4 is 0 Å². The van der Waals surface area contributed by atoms with Gasteiger partial charge in [-0.25, -0.2) is 4.39 Å². The Morgan fingerprint density at radius 3 is 2.92 bits per heavy atom. The average molecular weight is 195 g/mol. The van der Waals surface area contributed by atoms with E-state index < -0.39 is 0 Å². The lowest BCUT2D eigenvalue weighted by molar-refractivity contribution is 0.629. The average Bonchev–Trinajstić information content (AvgIpc) is 2.40. The standard InChI is InChI=1S/C9H4ClFN2/c10-9-7(4-12)6-3-5(11)1-2-8(6)13-9/h1-3,13H. The summed E-state index contributed by atoms with van der Waals surface area (Å²) >= 11 is 5.72. The van der Waals surface area contributed by atoms with E-state index in [0.29, 0.717) is 10.9 Å². The summed E-state index contributed by atoms with van der Waals surface area (Å²) in [5.74, 6) is -0.375. The van der Waals surface area contributed by atoms with E-state index in [1.807, 2.05) is 6.07 Å². The fourth-order valence-electron chi connectivity index (χ4n) is 1.24. The zero-order valence-electron chi connectivity index (χ0n) is 6.44. The van der Waals surface area contributed by atoms with Gasteiger partial charge in [0.2, 0.25) is 0 Å². The highest BCUT2D eigenvalue weighted by Crippen LogP contribution is 2.25. The molecule has 4 heteroatoms. The minimum Gasteiger partial charge on any atom is -0.344 e. The molecule has 2 rings (SSSR count). The van der Waals surface area contributed by atoms with Crippen LogP contribution in [0.15, 0.2) is 18.2 Å². The van der Waals surface area contributed by atoms with Gasteiger partial charge < -0.3 is 4.98 Å². The number of nitrogens with one attached hydrogen (secondary N) is 1. The number of aromatic amines is 1. The van der Waals surface area contributed by atoms with E-state index in [1.54, 1.807) is 6.07 Å². The molecule has 0 amide bonds. The molecule has 0 aliphatic rings. The van der Waals surface area contributed by atoms with Crippen LogP contribution >= 0.6 is 11.6 Å². The van der Waals surface area contributed by atoms with E-state index in [1.165, 1.54) is 12.1 Å². The second kappa shape index (κ2) is 2.75. The van der Waals surface area contributed by atoms with E-state index in [0.717, 1.165) is 0 Å². The summed E-state index contributed by atoms with van der Waals surface area (Å²) in [5, 5.41) is 9.49. The van der Waals surface area contributed by atoms with Crippen molar-refractivity contribution >= 4 is 22.5 Å². The monoisotopic (exact) mass is 194 g/mol. The molecule has 1 heterocycles. The summed E-state index contributed by atoms with van der Waals surface area (Å²) in [4.78, 5) is 2.78. The molecule has 1 aromatic carbocycles. The lowest BCUT2D eigenvalue weighted by Gasteiger charge is -1.89. The van der Waals surface area contributed by atoms with Gasteiger partial charge in [0.15, 0.2) is 0 Å². The smallest absolute Gasteiger partial charge is 0.125 e. The summed E-state index contributed by atoms with van der Waals surface area (Å²) in [7, 11) is 0. The molecule has 0 bridgehead atoms. The third-order valence-electron chi connectivity index (χ3n) is 1.83. The van der Waals surface area contributed by atoms with Gasteiger partial charge in [0.25, 0.3) is 0 Å². The van der Waals surface area contributed by atoms with Crippen LogP contribution in [-0.4, -0.2) is 4.98 Å². The van der Waals surface area contributed by atoms with Crippen molar-refractivity contribution in [2.24, 2.45) is 0 Å². The zero-order chi connectivity index (χ0) is 9.42. The van der Waals surface area contributed by atoms with Gasteiger partial charge in [0.1, 0.15) is 17.0 Å². The SMILES string of the molecule is N#Cc1c(Cl)[nH]c2ccc(F)cc12. The minimum atomic E-state index is -0.375. The van der Waals surface area contributed by atoms with Crippen LogP contribution in [0.25, 0.3) is 10.9 Å². The van der Waals surface area contributed by atoms with Gasteiger partial charge in [0, 0.05) is 10.9 Å². The van der Waals surface area contributed by atoms with Crippen molar-refractivity contribution in [2.75, 3.05) is 0 Å². The Balaban J connectivity index is 2.91. The number of H-pyrrole nitrogens is 1. The molecule has 1 N–H and O–H groups in total. The van der Waals surface area contributed by atoms with Crippen LogP contribution in [0.3, 0.4) is 0 Å². The van der Waals surface area contributed by atoms with E-state index in [2.05, 4.69) is 4.98 Å². The fourth-order valence-corrected chi connectivity index (χ4v) is 1.49. The maximum Gasteiger partial charge on any atom is 0.125 e. The van der Waals surface area contributed by atoms with Crippen LogP contribution in [0.5, 0.6) is 0 Å². The van der Waals surface area contributed by atoms with E-state index in [9.17, 15) is 4.39 Å². The summed E-state index contributed by atoms with van der Waals surface area (Å²) in [5.41, 5.74) is 0.958. The first-order valence-electron chi connectivity index (χ1n) is 3.59. The molecule has 13 heavy (non-hydrogen) atoms. The first-order chi connectivity index (χ1) is 6.22. The first-order valence-corrected chi connectivity index (χ1v) is 3.97. The maximum absolute atomic E-state index is 12.8. The molecule has 64 valence electrons. The molecule has 0 radical (unpaired) electrons. The number of benzene rings is 1. The highest BCUT2D eigenvalue weighted by molar-refractivity contribution is 6.32. The number of aromatic nitrogens is 1. The number of nitrogens with zero attached hydrogens (tertiary/aromatic N) is 1. The lowest BCUT2D eigenvalue weighted by Crippen LogP contribution is -1.74. The number of nitriles is 1. The summed E-state index contributed by atoms with van der Waals surface area (Å²) < 4.78 is 12.8. The molecular formula is C9H4ClFN2. The Morgan fingerprint density at radius 1 is 1.46 bits per heavy atom. The van der Waals surface area contributed by atoms with Crippen LogP contribution in [0.4, 0.5) is 4.39 Å². The Labute approximate surface area is 78.5 Å². The van der Waals surface area contributed by atoms with Gasteiger partial charge in [-0.15, -0.1) is 0 Å². The van der Waals surface area contributed by atoms with Crippen molar-refractivity contribution in [3.63, 3.8) is 0 Å². The van der Waals surface area contributed by atoms with Crippen LogP contribution in [0.1, 0.15) is 5.56 Å². The van der Waals surface area contributed by atoms with E-state index >= 15 is 0 Å². The van der Waals surface area contributed by atoms with Gasteiger partial charge >= 0.3 is 0 Å². The Hall–Kier alpha value is -1.53. The maximum atomic E-state index is 12.8. The van der Waals surface area contributed by atoms with Crippen molar-refractivity contribution in [1.82, 2.24) is 4.98 Å². The van der Waals surface area contributed by atoms with Gasteiger partial charge in [-0.3, -0.25) is 0 Å². The Morgan fingerprint density at radius 2 is 2.23 bits per heavy atom. The summed E-state index contributed by atoms with van der Waals surface area (Å²) in [6, 6.07) is 6.07. The highest BCUT2D eigenvalue weighted by atomic mass is 35.5. The number of hydrogen-bond donors (Lipinski definition) is 1. The summed E-state index contributed by atoms with van der Waals surface area (Å²) in [6.07, 6.45) is 0. The predicted octanol–water partition coefficient (Wildman–Crippen LogP) is 2.83. The topological polar surface area (TPSA) is 39.6 Å². The van der Waals surface area contributed by atoms with Crippen molar-refractivity contribution in [3.8, 4) is 6.07 Å². The molecule has 0 saturated carbocycles. The molecule has 0 fully saturated rings. The lowest BCUT2D eigenvalue weighted by atomic mass is 10.2. The van der Waals surface area contributed by atoms with E-state index in [-0.39, 0.29) is 16.5 Å². The quantitative estimate of drug-likeness (QED) is 0.688. The second-order valence-corrected chi connectivity index (χ2v) is 2.99. The second-order valence-electron chi connectivity index (χ2n) is 2.62. The summed E-state index contributed by atoms with van der Waals surface area (Å²) in [6.45, 7) is 0. The minimum absolute atomic E-state index is 0.253. The van der Waals surface area contributed by atoms with Gasteiger partial charge in [-0.1, -0.05) is 11.6 Å². The molecular weight excluding hydrogens is 191 g/mol. The molecule has 0 unspecified atom stereocenters. The van der Waals surface area contributed by atoms with Crippen molar-refractivity contribution in [2.45, 2.75) is 0 Å². The number of hydrogen-bond acceptors (Lipinski definition) is 1. The third kappa shape index (κ3) is 1.16. The number of rotatable bonds is 0. The van der Waals surface area contributed by atoms with Gasteiger partial charge in [-0.05, 0) is 18.2 Å².